The summed E-state index contributed by atoms with van der Waals surface area (Å²) in [6.07, 6.45) is 0.428. The van der Waals surface area contributed by atoms with Crippen molar-refractivity contribution in [2.75, 3.05) is 32.7 Å². The summed E-state index contributed by atoms with van der Waals surface area (Å²) in [6, 6.07) is 0.0140. The molecule has 1 heterocycles. The Morgan fingerprint density at radius 2 is 1.74 bits per heavy atom. The molecule has 27 heavy (non-hydrogen) atoms. The van der Waals surface area contributed by atoms with Gasteiger partial charge in [0.2, 0.25) is 5.91 Å². The lowest BCUT2D eigenvalue weighted by Crippen LogP contribution is -2.45. The lowest BCUT2D eigenvalue weighted by molar-refractivity contribution is -0.128. The van der Waals surface area contributed by atoms with Gasteiger partial charge in [0.25, 0.3) is 0 Å². The number of nitrogens with one attached hydrogen (secondary N) is 3. The second-order valence-corrected chi connectivity index (χ2v) is 8.49. The van der Waals surface area contributed by atoms with Crippen LogP contribution in [0.25, 0.3) is 0 Å². The predicted octanol–water partition coefficient (Wildman–Crippen LogP) is 1.71. The fourth-order valence-electron chi connectivity index (χ4n) is 2.71. The van der Waals surface area contributed by atoms with Gasteiger partial charge in [0, 0.05) is 26.2 Å². The molecular formula is C19H37N5O3. The van der Waals surface area contributed by atoms with E-state index in [0.717, 1.165) is 25.5 Å². The van der Waals surface area contributed by atoms with Gasteiger partial charge in [-0.2, -0.15) is 0 Å². The van der Waals surface area contributed by atoms with Crippen LogP contribution in [-0.2, 0) is 9.53 Å². The van der Waals surface area contributed by atoms with E-state index in [4.69, 9.17) is 4.74 Å². The molecule has 0 aromatic heterocycles. The van der Waals surface area contributed by atoms with E-state index < -0.39 is 17.1 Å². The molecule has 2 amide bonds. The summed E-state index contributed by atoms with van der Waals surface area (Å²) < 4.78 is 5.33. The van der Waals surface area contributed by atoms with Crippen LogP contribution in [0.3, 0.4) is 0 Å². The highest BCUT2D eigenvalue weighted by atomic mass is 16.6. The number of nitrogens with zero attached hydrogens (tertiary/aromatic N) is 2. The Balaban J connectivity index is 2.68. The highest BCUT2D eigenvalue weighted by Crippen LogP contribution is 2.17. The van der Waals surface area contributed by atoms with Gasteiger partial charge in [0.15, 0.2) is 5.96 Å². The van der Waals surface area contributed by atoms with Crippen molar-refractivity contribution in [2.24, 2.45) is 10.4 Å². The van der Waals surface area contributed by atoms with Gasteiger partial charge in [-0.25, -0.2) is 4.79 Å². The van der Waals surface area contributed by atoms with E-state index in [9.17, 15) is 9.59 Å². The molecule has 1 saturated heterocycles. The summed E-state index contributed by atoms with van der Waals surface area (Å²) in [4.78, 5) is 30.9. The van der Waals surface area contributed by atoms with Crippen LogP contribution < -0.4 is 16.0 Å². The molecule has 0 aromatic carbocycles. The lowest BCUT2D eigenvalue weighted by Gasteiger charge is -2.25. The summed E-state index contributed by atoms with van der Waals surface area (Å²) in [5.74, 6) is 0.763. The molecule has 1 atom stereocenters. The fraction of sp³-hybridized carbons (Fsp3) is 0.842. The molecule has 156 valence electrons. The number of guanidine groups is 1. The number of aliphatic imine (C=N–C) groups is 1. The van der Waals surface area contributed by atoms with Crippen molar-refractivity contribution in [2.45, 2.75) is 66.5 Å². The third-order valence-electron chi connectivity index (χ3n) is 4.12. The van der Waals surface area contributed by atoms with Crippen LogP contribution in [0.1, 0.15) is 54.9 Å². The number of rotatable bonds is 6. The van der Waals surface area contributed by atoms with Crippen LogP contribution in [-0.4, -0.2) is 67.2 Å². The van der Waals surface area contributed by atoms with Gasteiger partial charge in [-0.3, -0.25) is 9.79 Å². The smallest absolute Gasteiger partial charge is 0.407 e. The SMILES string of the molecule is CCNC(=O)C(C)(C)CN=C(NCC)N1CCC(NC(=O)OC(C)(C)C)C1. The minimum Gasteiger partial charge on any atom is -0.444 e. The molecule has 1 aliphatic rings. The zero-order valence-corrected chi connectivity index (χ0v) is 17.9. The topological polar surface area (TPSA) is 95.1 Å². The molecular weight excluding hydrogens is 346 g/mol. The number of amides is 2. The largest absolute Gasteiger partial charge is 0.444 e. The highest BCUT2D eigenvalue weighted by molar-refractivity contribution is 5.84. The third kappa shape index (κ3) is 8.05. The van der Waals surface area contributed by atoms with Crippen LogP contribution in [0.4, 0.5) is 4.79 Å². The van der Waals surface area contributed by atoms with Crippen molar-refractivity contribution in [3.8, 4) is 0 Å². The summed E-state index contributed by atoms with van der Waals surface area (Å²) in [6.45, 7) is 16.4. The van der Waals surface area contributed by atoms with E-state index in [1.807, 2.05) is 48.5 Å². The molecule has 1 fully saturated rings. The molecule has 8 nitrogen and oxygen atoms in total. The Morgan fingerprint density at radius 3 is 2.30 bits per heavy atom. The summed E-state index contributed by atoms with van der Waals surface area (Å²) in [7, 11) is 0. The van der Waals surface area contributed by atoms with Gasteiger partial charge in [-0.15, -0.1) is 0 Å². The van der Waals surface area contributed by atoms with Crippen LogP contribution in [0.15, 0.2) is 4.99 Å². The second kappa shape index (κ2) is 9.80. The van der Waals surface area contributed by atoms with E-state index in [-0.39, 0.29) is 11.9 Å². The number of carbonyl (C=O) groups is 2. The van der Waals surface area contributed by atoms with Crippen molar-refractivity contribution < 1.29 is 14.3 Å². The van der Waals surface area contributed by atoms with Crippen LogP contribution in [0.5, 0.6) is 0 Å². The zero-order chi connectivity index (χ0) is 20.7. The average Bonchev–Trinajstić information content (AvgIpc) is 2.97. The quantitative estimate of drug-likeness (QED) is 0.479. The maximum atomic E-state index is 12.2. The molecule has 0 aliphatic carbocycles. The minimum atomic E-state index is -0.579. The van der Waals surface area contributed by atoms with E-state index in [1.54, 1.807) is 0 Å². The first kappa shape index (κ1) is 23.0. The molecule has 0 aromatic rings. The predicted molar refractivity (Wildman–Crippen MR) is 108 cm³/mol. The molecule has 0 bridgehead atoms. The van der Waals surface area contributed by atoms with E-state index in [2.05, 4.69) is 25.8 Å². The van der Waals surface area contributed by atoms with Gasteiger partial charge in [-0.05, 0) is 54.9 Å². The molecule has 0 spiro atoms. The highest BCUT2D eigenvalue weighted by Gasteiger charge is 2.30. The lowest BCUT2D eigenvalue weighted by atomic mass is 9.92. The maximum absolute atomic E-state index is 12.2. The first-order valence-electron chi connectivity index (χ1n) is 9.79. The molecule has 0 radical (unpaired) electrons. The number of hydrogen-bond acceptors (Lipinski definition) is 4. The van der Waals surface area contributed by atoms with Gasteiger partial charge in [-0.1, -0.05) is 0 Å². The first-order chi connectivity index (χ1) is 12.5. The van der Waals surface area contributed by atoms with E-state index in [1.165, 1.54) is 0 Å². The Kier molecular flexibility index (Phi) is 8.37. The van der Waals surface area contributed by atoms with Gasteiger partial charge in [0.1, 0.15) is 5.60 Å². The fourth-order valence-corrected chi connectivity index (χ4v) is 2.71. The zero-order valence-electron chi connectivity index (χ0n) is 17.9. The minimum absolute atomic E-state index is 0.00418. The normalized spacial score (nSPS) is 18.3. The Bertz CT molecular complexity index is 540. The summed E-state index contributed by atoms with van der Waals surface area (Å²) in [5, 5.41) is 9.06. The average molecular weight is 384 g/mol. The number of likely N-dealkylation sites (tertiary alicyclic amines) is 1. The molecule has 3 N–H and O–H groups in total. The van der Waals surface area contributed by atoms with Crippen molar-refractivity contribution in [3.05, 3.63) is 0 Å². The number of carbonyl (C=O) groups excluding carboxylic acids is 2. The Hall–Kier alpha value is -1.99. The second-order valence-electron chi connectivity index (χ2n) is 8.49. The van der Waals surface area contributed by atoms with E-state index >= 15 is 0 Å². The van der Waals surface area contributed by atoms with Gasteiger partial charge in [0.05, 0.1) is 18.0 Å². The van der Waals surface area contributed by atoms with Crippen molar-refractivity contribution >= 4 is 18.0 Å². The molecule has 8 heteroatoms. The summed E-state index contributed by atoms with van der Waals surface area (Å²) in [5.41, 5.74) is -1.09. The Labute approximate surface area is 163 Å². The number of hydrogen-bond donors (Lipinski definition) is 3. The van der Waals surface area contributed by atoms with Gasteiger partial charge < -0.3 is 25.6 Å². The van der Waals surface area contributed by atoms with Crippen molar-refractivity contribution in [1.82, 2.24) is 20.9 Å². The van der Waals surface area contributed by atoms with E-state index in [0.29, 0.717) is 19.6 Å². The summed E-state index contributed by atoms with van der Waals surface area (Å²) >= 11 is 0. The number of alkyl carbamates (subject to hydrolysis) is 1. The monoisotopic (exact) mass is 383 g/mol. The molecule has 1 unspecified atom stereocenters. The number of ether oxygens (including phenoxy) is 1. The van der Waals surface area contributed by atoms with Crippen molar-refractivity contribution in [3.63, 3.8) is 0 Å². The first-order valence-corrected chi connectivity index (χ1v) is 9.79. The standard InChI is InChI=1S/C19H37N5O3/c1-8-20-15(25)19(6,7)13-22-16(21-9-2)24-11-10-14(12-24)23-17(26)27-18(3,4)5/h14H,8-13H2,1-7H3,(H,20,25)(H,21,22)(H,23,26). The van der Waals surface area contributed by atoms with Crippen LogP contribution >= 0.6 is 0 Å². The Morgan fingerprint density at radius 1 is 1.11 bits per heavy atom. The molecule has 0 saturated carbocycles. The van der Waals surface area contributed by atoms with Crippen LogP contribution in [0.2, 0.25) is 0 Å². The van der Waals surface area contributed by atoms with Crippen molar-refractivity contribution in [1.29, 1.82) is 0 Å². The molecule has 1 aliphatic heterocycles. The third-order valence-corrected chi connectivity index (χ3v) is 4.12. The maximum Gasteiger partial charge on any atom is 0.407 e. The van der Waals surface area contributed by atoms with Crippen LogP contribution in [0, 0.1) is 5.41 Å². The molecule has 1 rings (SSSR count). The van der Waals surface area contributed by atoms with Gasteiger partial charge >= 0.3 is 6.09 Å².